The zero-order chi connectivity index (χ0) is 19.2. The van der Waals surface area contributed by atoms with Crippen LogP contribution in [0.15, 0.2) is 66.0 Å². The van der Waals surface area contributed by atoms with E-state index in [-0.39, 0.29) is 5.91 Å². The zero-order valence-corrected chi connectivity index (χ0v) is 16.8. The molecule has 4 nitrogen and oxygen atoms in total. The number of hydrogen-bond donors (Lipinski definition) is 0. The largest absolute Gasteiger partial charge is 0.340 e. The number of carbonyl (C=O) groups excluding carboxylic acids is 1. The van der Waals surface area contributed by atoms with Crippen molar-refractivity contribution in [3.63, 3.8) is 0 Å². The highest BCUT2D eigenvalue weighted by atomic mass is 32.1. The molecule has 1 aliphatic heterocycles. The minimum atomic E-state index is 0.188. The number of hydrogen-bond acceptors (Lipinski definition) is 4. The van der Waals surface area contributed by atoms with Gasteiger partial charge in [-0.3, -0.25) is 9.69 Å². The number of carbonyl (C=O) groups is 1. The second-order valence-corrected chi connectivity index (χ2v) is 8.00. The maximum Gasteiger partial charge on any atom is 0.228 e. The molecule has 4 rings (SSSR count). The van der Waals surface area contributed by atoms with Crippen LogP contribution in [0.5, 0.6) is 0 Å². The Kier molecular flexibility index (Phi) is 6.14. The lowest BCUT2D eigenvalue weighted by atomic mass is 10.1. The lowest BCUT2D eigenvalue weighted by molar-refractivity contribution is -0.132. The highest BCUT2D eigenvalue weighted by Crippen LogP contribution is 2.23. The van der Waals surface area contributed by atoms with Gasteiger partial charge >= 0.3 is 0 Å². The van der Waals surface area contributed by atoms with Crippen LogP contribution in [0.4, 0.5) is 0 Å². The molecule has 5 heteroatoms. The molecule has 1 amide bonds. The smallest absolute Gasteiger partial charge is 0.228 e. The third-order valence-electron chi connectivity index (χ3n) is 5.19. The van der Waals surface area contributed by atoms with Crippen molar-refractivity contribution in [1.82, 2.24) is 14.8 Å². The maximum atomic E-state index is 12.7. The Bertz CT molecular complexity index is 886. The van der Waals surface area contributed by atoms with Gasteiger partial charge in [0, 0.05) is 43.7 Å². The van der Waals surface area contributed by atoms with Gasteiger partial charge in [-0.1, -0.05) is 60.7 Å². The Hall–Kier alpha value is -2.50. The fourth-order valence-corrected chi connectivity index (χ4v) is 4.35. The van der Waals surface area contributed by atoms with Gasteiger partial charge in [-0.2, -0.15) is 0 Å². The van der Waals surface area contributed by atoms with Crippen LogP contribution in [0.2, 0.25) is 0 Å². The summed E-state index contributed by atoms with van der Waals surface area (Å²) in [7, 11) is 0. The van der Waals surface area contributed by atoms with Crippen molar-refractivity contribution in [2.45, 2.75) is 12.8 Å². The van der Waals surface area contributed by atoms with Crippen LogP contribution in [0, 0.1) is 0 Å². The summed E-state index contributed by atoms with van der Waals surface area (Å²) in [5.41, 5.74) is 3.36. The summed E-state index contributed by atoms with van der Waals surface area (Å²) in [5.74, 6) is 0.188. The number of amides is 1. The molecule has 1 aliphatic rings. The molecule has 0 atom stereocenters. The van der Waals surface area contributed by atoms with Crippen LogP contribution in [0.25, 0.3) is 10.6 Å². The van der Waals surface area contributed by atoms with E-state index in [1.807, 2.05) is 28.5 Å². The maximum absolute atomic E-state index is 12.7. The van der Waals surface area contributed by atoms with Gasteiger partial charge in [0.05, 0.1) is 12.1 Å². The van der Waals surface area contributed by atoms with Crippen LogP contribution < -0.4 is 0 Å². The monoisotopic (exact) mass is 391 g/mol. The Morgan fingerprint density at radius 2 is 1.61 bits per heavy atom. The Labute approximate surface area is 170 Å². The van der Waals surface area contributed by atoms with Crippen molar-refractivity contribution < 1.29 is 4.79 Å². The second-order valence-electron chi connectivity index (χ2n) is 7.14. The van der Waals surface area contributed by atoms with Crippen molar-refractivity contribution in [3.05, 3.63) is 77.3 Å². The van der Waals surface area contributed by atoms with Gasteiger partial charge in [-0.15, -0.1) is 11.3 Å². The van der Waals surface area contributed by atoms with Crippen molar-refractivity contribution in [3.8, 4) is 10.6 Å². The highest BCUT2D eigenvalue weighted by molar-refractivity contribution is 7.13. The SMILES string of the molecule is O=C(Cc1csc(-c2ccccc2)n1)N1CCN(CCc2ccccc2)CC1. The van der Waals surface area contributed by atoms with E-state index in [1.165, 1.54) is 5.56 Å². The summed E-state index contributed by atoms with van der Waals surface area (Å²) >= 11 is 1.61. The van der Waals surface area contributed by atoms with Crippen molar-refractivity contribution >= 4 is 17.2 Å². The van der Waals surface area contributed by atoms with Gasteiger partial charge in [-0.05, 0) is 12.0 Å². The molecule has 0 spiro atoms. The number of thiazole rings is 1. The molecule has 1 aromatic heterocycles. The summed E-state index contributed by atoms with van der Waals surface area (Å²) in [6.07, 6.45) is 1.46. The molecule has 28 heavy (non-hydrogen) atoms. The van der Waals surface area contributed by atoms with E-state index in [4.69, 9.17) is 0 Å². The minimum absolute atomic E-state index is 0.188. The molecule has 0 aliphatic carbocycles. The standard InChI is InChI=1S/C23H25N3OS/c27-22(17-21-18-28-23(24-21)20-9-5-2-6-10-20)26-15-13-25(14-16-26)12-11-19-7-3-1-4-8-19/h1-10,18H,11-17H2. The van der Waals surface area contributed by atoms with E-state index in [0.717, 1.165) is 55.4 Å². The Morgan fingerprint density at radius 1 is 0.929 bits per heavy atom. The molecule has 3 aromatic rings. The van der Waals surface area contributed by atoms with Crippen LogP contribution in [-0.2, 0) is 17.6 Å². The fourth-order valence-electron chi connectivity index (χ4n) is 3.52. The summed E-state index contributed by atoms with van der Waals surface area (Å²) in [6.45, 7) is 4.57. The normalized spacial score (nSPS) is 14.9. The van der Waals surface area contributed by atoms with Crippen LogP contribution in [0.1, 0.15) is 11.3 Å². The topological polar surface area (TPSA) is 36.4 Å². The first-order chi connectivity index (χ1) is 13.8. The quantitative estimate of drug-likeness (QED) is 0.642. The highest BCUT2D eigenvalue weighted by Gasteiger charge is 2.21. The number of nitrogens with zero attached hydrogens (tertiary/aromatic N) is 3. The van der Waals surface area contributed by atoms with Crippen LogP contribution in [-0.4, -0.2) is 53.4 Å². The molecule has 1 saturated heterocycles. The molecular formula is C23H25N3OS. The zero-order valence-electron chi connectivity index (χ0n) is 16.0. The summed E-state index contributed by atoms with van der Waals surface area (Å²) < 4.78 is 0. The summed E-state index contributed by atoms with van der Waals surface area (Å²) in [4.78, 5) is 21.8. The molecule has 1 fully saturated rings. The summed E-state index contributed by atoms with van der Waals surface area (Å²) in [5, 5.41) is 2.99. The molecule has 0 N–H and O–H groups in total. The van der Waals surface area contributed by atoms with E-state index in [9.17, 15) is 4.79 Å². The molecule has 0 radical (unpaired) electrons. The molecular weight excluding hydrogens is 366 g/mol. The van der Waals surface area contributed by atoms with E-state index in [0.29, 0.717) is 6.42 Å². The van der Waals surface area contributed by atoms with Crippen LogP contribution >= 0.6 is 11.3 Å². The molecule has 144 valence electrons. The van der Waals surface area contributed by atoms with E-state index >= 15 is 0 Å². The number of benzene rings is 2. The van der Waals surface area contributed by atoms with E-state index in [1.54, 1.807) is 11.3 Å². The Balaban J connectivity index is 1.25. The number of piperazine rings is 1. The lowest BCUT2D eigenvalue weighted by Crippen LogP contribution is -2.49. The minimum Gasteiger partial charge on any atom is -0.340 e. The molecule has 0 unspecified atom stereocenters. The molecule has 0 bridgehead atoms. The average molecular weight is 392 g/mol. The van der Waals surface area contributed by atoms with Gasteiger partial charge in [0.25, 0.3) is 0 Å². The van der Waals surface area contributed by atoms with Crippen LogP contribution in [0.3, 0.4) is 0 Å². The Morgan fingerprint density at radius 3 is 2.32 bits per heavy atom. The predicted molar refractivity (Wildman–Crippen MR) is 114 cm³/mol. The van der Waals surface area contributed by atoms with Crippen molar-refractivity contribution in [1.29, 1.82) is 0 Å². The van der Waals surface area contributed by atoms with Crippen molar-refractivity contribution in [2.24, 2.45) is 0 Å². The molecule has 0 saturated carbocycles. The first-order valence-electron chi connectivity index (χ1n) is 9.82. The van der Waals surface area contributed by atoms with Crippen molar-refractivity contribution in [2.75, 3.05) is 32.7 Å². The first kappa shape index (κ1) is 18.8. The third kappa shape index (κ3) is 4.86. The number of rotatable bonds is 6. The van der Waals surface area contributed by atoms with Gasteiger partial charge in [0.15, 0.2) is 0 Å². The first-order valence-corrected chi connectivity index (χ1v) is 10.7. The van der Waals surface area contributed by atoms with Gasteiger partial charge in [0.2, 0.25) is 5.91 Å². The summed E-state index contributed by atoms with van der Waals surface area (Å²) in [6, 6.07) is 20.7. The van der Waals surface area contributed by atoms with Gasteiger partial charge in [-0.25, -0.2) is 4.98 Å². The fraction of sp³-hybridized carbons (Fsp3) is 0.304. The van der Waals surface area contributed by atoms with Gasteiger partial charge < -0.3 is 4.90 Å². The average Bonchev–Trinajstić information content (AvgIpc) is 3.22. The third-order valence-corrected chi connectivity index (χ3v) is 6.13. The molecule has 2 heterocycles. The second kappa shape index (κ2) is 9.13. The van der Waals surface area contributed by atoms with E-state index in [2.05, 4.69) is 52.3 Å². The molecule has 2 aromatic carbocycles. The number of aromatic nitrogens is 1. The lowest BCUT2D eigenvalue weighted by Gasteiger charge is -2.34. The van der Waals surface area contributed by atoms with E-state index < -0.39 is 0 Å². The predicted octanol–water partition coefficient (Wildman–Crippen LogP) is 3.74. The van der Waals surface area contributed by atoms with Gasteiger partial charge in [0.1, 0.15) is 5.01 Å².